The van der Waals surface area contributed by atoms with Gasteiger partial charge in [-0.05, 0) is 36.8 Å². The number of fused-ring (bicyclic) bond motifs is 1. The quantitative estimate of drug-likeness (QED) is 0.706. The summed E-state index contributed by atoms with van der Waals surface area (Å²) >= 11 is 0. The average molecular weight is 398 g/mol. The van der Waals surface area contributed by atoms with Crippen molar-refractivity contribution in [3.63, 3.8) is 0 Å². The van der Waals surface area contributed by atoms with Crippen LogP contribution in [0.4, 0.5) is 0 Å². The summed E-state index contributed by atoms with van der Waals surface area (Å²) in [5, 5.41) is 0. The molecular weight excluding hydrogens is 376 g/mol. The first kappa shape index (κ1) is 20.3. The van der Waals surface area contributed by atoms with Crippen molar-refractivity contribution in [1.29, 1.82) is 0 Å². The molecule has 7 heteroatoms. The molecule has 0 heterocycles. The van der Waals surface area contributed by atoms with Crippen LogP contribution in [0, 0.1) is 0 Å². The first-order valence-corrected chi connectivity index (χ1v) is 8.95. The van der Waals surface area contributed by atoms with Crippen molar-refractivity contribution >= 4 is 17.1 Å². The summed E-state index contributed by atoms with van der Waals surface area (Å²) < 4.78 is 26.8. The summed E-state index contributed by atoms with van der Waals surface area (Å²) in [6.07, 6.45) is 0. The normalized spacial score (nSPS) is 13.1. The third kappa shape index (κ3) is 3.40. The van der Waals surface area contributed by atoms with Crippen LogP contribution in [0.3, 0.4) is 0 Å². The molecule has 2 aromatic carbocycles. The Balaban J connectivity index is 2.25. The molecule has 0 saturated carbocycles. The molecule has 0 atom stereocenters. The molecule has 0 fully saturated rings. The summed E-state index contributed by atoms with van der Waals surface area (Å²) in [5.74, 6) is 0.910. The van der Waals surface area contributed by atoms with Gasteiger partial charge in [0.1, 0.15) is 0 Å². The van der Waals surface area contributed by atoms with Crippen molar-refractivity contribution in [3.05, 3.63) is 52.8 Å². The largest absolute Gasteiger partial charge is 0.493 e. The number of Topliss-reactive ketones (excluding diaryl/α,β-unsaturated/α-hetero) is 2. The van der Waals surface area contributed by atoms with Gasteiger partial charge in [0, 0.05) is 11.1 Å². The van der Waals surface area contributed by atoms with E-state index in [-0.39, 0.29) is 34.8 Å². The first-order chi connectivity index (χ1) is 14.0. The Kier molecular flexibility index (Phi) is 5.77. The van der Waals surface area contributed by atoms with Gasteiger partial charge in [0.25, 0.3) is 0 Å². The van der Waals surface area contributed by atoms with Gasteiger partial charge in [-0.25, -0.2) is 0 Å². The van der Waals surface area contributed by atoms with E-state index in [1.165, 1.54) is 40.6 Å². The average Bonchev–Trinajstić information content (AvgIpc) is 2.76. The van der Waals surface area contributed by atoms with Gasteiger partial charge in [-0.2, -0.15) is 0 Å². The number of ether oxygens (including phenoxy) is 5. The van der Waals surface area contributed by atoms with E-state index in [9.17, 15) is 9.59 Å². The van der Waals surface area contributed by atoms with Crippen LogP contribution in [0.5, 0.6) is 23.0 Å². The topological polar surface area (TPSA) is 80.3 Å². The molecule has 0 saturated heterocycles. The third-order valence-electron chi connectivity index (χ3n) is 4.63. The molecule has 0 spiro atoms. The van der Waals surface area contributed by atoms with Crippen molar-refractivity contribution in [2.45, 2.75) is 6.92 Å². The highest BCUT2D eigenvalue weighted by Gasteiger charge is 2.36. The van der Waals surface area contributed by atoms with E-state index < -0.39 is 5.78 Å². The Hall–Kier alpha value is -3.48. The Bertz CT molecular complexity index is 1000. The molecular formula is C22H22O7. The van der Waals surface area contributed by atoms with Crippen LogP contribution in [0.15, 0.2) is 36.1 Å². The van der Waals surface area contributed by atoms with E-state index in [0.29, 0.717) is 28.6 Å². The van der Waals surface area contributed by atoms with Crippen LogP contribution < -0.4 is 18.9 Å². The lowest BCUT2D eigenvalue weighted by Gasteiger charge is -2.23. The minimum atomic E-state index is -0.396. The Morgan fingerprint density at radius 1 is 0.690 bits per heavy atom. The number of allylic oxidation sites excluding steroid dienone is 2. The van der Waals surface area contributed by atoms with Gasteiger partial charge >= 0.3 is 0 Å². The SMILES string of the molecule is CCOC1=C(c2ccc(OC)c(OC)c2)C(=O)c2cc(OC)c(OC)cc2C1=O. The molecule has 0 N–H and O–H groups in total. The number of hydrogen-bond acceptors (Lipinski definition) is 7. The van der Waals surface area contributed by atoms with Gasteiger partial charge in [-0.3, -0.25) is 9.59 Å². The van der Waals surface area contributed by atoms with Crippen molar-refractivity contribution in [1.82, 2.24) is 0 Å². The number of carbonyl (C=O) groups is 2. The zero-order valence-electron chi connectivity index (χ0n) is 17.0. The highest BCUT2D eigenvalue weighted by molar-refractivity contribution is 6.40. The van der Waals surface area contributed by atoms with Gasteiger partial charge in [0.15, 0.2) is 34.5 Å². The van der Waals surface area contributed by atoms with Crippen molar-refractivity contribution in [3.8, 4) is 23.0 Å². The molecule has 0 unspecified atom stereocenters. The molecule has 0 aliphatic heterocycles. The summed E-state index contributed by atoms with van der Waals surface area (Å²) in [7, 11) is 5.96. The van der Waals surface area contributed by atoms with Crippen LogP contribution in [-0.2, 0) is 4.74 Å². The van der Waals surface area contributed by atoms with Gasteiger partial charge in [-0.1, -0.05) is 6.07 Å². The van der Waals surface area contributed by atoms with Crippen LogP contribution in [0.25, 0.3) is 5.57 Å². The van der Waals surface area contributed by atoms with Crippen LogP contribution in [0.2, 0.25) is 0 Å². The summed E-state index contributed by atoms with van der Waals surface area (Å²) in [5.41, 5.74) is 1.09. The van der Waals surface area contributed by atoms with E-state index in [1.54, 1.807) is 25.1 Å². The van der Waals surface area contributed by atoms with Gasteiger partial charge in [0.2, 0.25) is 5.78 Å². The zero-order valence-corrected chi connectivity index (χ0v) is 17.0. The fourth-order valence-corrected chi connectivity index (χ4v) is 3.26. The Morgan fingerprint density at radius 3 is 1.72 bits per heavy atom. The molecule has 0 bridgehead atoms. The highest BCUT2D eigenvalue weighted by atomic mass is 16.5. The number of carbonyl (C=O) groups excluding carboxylic acids is 2. The minimum Gasteiger partial charge on any atom is -0.493 e. The molecule has 0 aromatic heterocycles. The second-order valence-electron chi connectivity index (χ2n) is 6.12. The van der Waals surface area contributed by atoms with Crippen molar-refractivity contribution in [2.24, 2.45) is 0 Å². The predicted octanol–water partition coefficient (Wildman–Crippen LogP) is 3.55. The molecule has 2 aromatic rings. The number of methoxy groups -OCH3 is 4. The molecule has 0 radical (unpaired) electrons. The van der Waals surface area contributed by atoms with Gasteiger partial charge < -0.3 is 23.7 Å². The van der Waals surface area contributed by atoms with E-state index in [2.05, 4.69) is 0 Å². The number of ketones is 2. The van der Waals surface area contributed by atoms with Crippen LogP contribution in [-0.4, -0.2) is 46.6 Å². The maximum Gasteiger partial charge on any atom is 0.229 e. The first-order valence-electron chi connectivity index (χ1n) is 8.95. The van der Waals surface area contributed by atoms with Gasteiger partial charge in [-0.15, -0.1) is 0 Å². The predicted molar refractivity (Wildman–Crippen MR) is 106 cm³/mol. The lowest BCUT2D eigenvalue weighted by atomic mass is 9.84. The third-order valence-corrected chi connectivity index (χ3v) is 4.63. The van der Waals surface area contributed by atoms with E-state index in [4.69, 9.17) is 23.7 Å². The van der Waals surface area contributed by atoms with Gasteiger partial charge in [0.05, 0.1) is 40.6 Å². The molecule has 7 nitrogen and oxygen atoms in total. The standard InChI is InChI=1S/C22H22O7/c1-6-29-22-19(12-7-8-15(25-2)16(9-12)26-3)20(23)13-10-17(27-4)18(28-5)11-14(13)21(22)24/h7-11H,6H2,1-5H3. The summed E-state index contributed by atoms with van der Waals surface area (Å²) in [6, 6.07) is 8.01. The van der Waals surface area contributed by atoms with E-state index in [0.717, 1.165) is 0 Å². The van der Waals surface area contributed by atoms with Crippen molar-refractivity contribution in [2.75, 3.05) is 35.0 Å². The summed E-state index contributed by atoms with van der Waals surface area (Å²) in [4.78, 5) is 26.6. The van der Waals surface area contributed by atoms with Crippen LogP contribution in [0.1, 0.15) is 33.2 Å². The molecule has 1 aliphatic carbocycles. The van der Waals surface area contributed by atoms with Crippen LogP contribution >= 0.6 is 0 Å². The smallest absolute Gasteiger partial charge is 0.229 e. The van der Waals surface area contributed by atoms with E-state index >= 15 is 0 Å². The second-order valence-corrected chi connectivity index (χ2v) is 6.12. The Morgan fingerprint density at radius 2 is 1.21 bits per heavy atom. The molecule has 152 valence electrons. The maximum absolute atomic E-state index is 13.4. The summed E-state index contributed by atoms with van der Waals surface area (Å²) in [6.45, 7) is 1.98. The second kappa shape index (κ2) is 8.26. The van der Waals surface area contributed by atoms with E-state index in [1.807, 2.05) is 0 Å². The zero-order chi connectivity index (χ0) is 21.1. The molecule has 0 amide bonds. The highest BCUT2D eigenvalue weighted by Crippen LogP contribution is 2.40. The lowest BCUT2D eigenvalue weighted by Crippen LogP contribution is -2.23. The number of benzene rings is 2. The number of hydrogen-bond donors (Lipinski definition) is 0. The fourth-order valence-electron chi connectivity index (χ4n) is 3.26. The monoisotopic (exact) mass is 398 g/mol. The molecule has 3 rings (SSSR count). The molecule has 1 aliphatic rings. The minimum absolute atomic E-state index is 0.00978. The van der Waals surface area contributed by atoms with Crippen molar-refractivity contribution < 1.29 is 33.3 Å². The fraction of sp³-hybridized carbons (Fsp3) is 0.273. The Labute approximate surface area is 168 Å². The lowest BCUT2D eigenvalue weighted by molar-refractivity contribution is 0.0900. The number of rotatable bonds is 7. The maximum atomic E-state index is 13.4. The molecule has 29 heavy (non-hydrogen) atoms.